The van der Waals surface area contributed by atoms with Crippen LogP contribution in [0.25, 0.3) is 11.0 Å². The first-order valence-electron chi connectivity index (χ1n) is 7.54. The number of nitrogens with zero attached hydrogens (tertiary/aromatic N) is 3. The van der Waals surface area contributed by atoms with Crippen LogP contribution in [-0.4, -0.2) is 27.0 Å². The number of hydrogen-bond acceptors (Lipinski definition) is 4. The molecule has 116 valence electrons. The highest BCUT2D eigenvalue weighted by Gasteiger charge is 2.26. The van der Waals surface area contributed by atoms with E-state index in [0.29, 0.717) is 18.9 Å². The van der Waals surface area contributed by atoms with Crippen LogP contribution in [0.1, 0.15) is 28.8 Å². The normalized spacial score (nSPS) is 16.7. The Labute approximate surface area is 133 Å². The number of aryl methyl sites for hydroxylation is 1. The van der Waals surface area contributed by atoms with Gasteiger partial charge in [-0.15, -0.1) is 0 Å². The van der Waals surface area contributed by atoms with Crippen molar-refractivity contribution in [1.29, 1.82) is 0 Å². The fourth-order valence-corrected chi connectivity index (χ4v) is 2.92. The predicted octanol–water partition coefficient (Wildman–Crippen LogP) is 2.22. The molecule has 0 radical (unpaired) electrons. The van der Waals surface area contributed by atoms with E-state index in [2.05, 4.69) is 15.3 Å². The van der Waals surface area contributed by atoms with Gasteiger partial charge in [0, 0.05) is 19.7 Å². The quantitative estimate of drug-likeness (QED) is 0.788. The first-order valence-corrected chi connectivity index (χ1v) is 7.54. The minimum Gasteiger partial charge on any atom is -0.491 e. The second-order valence-corrected chi connectivity index (χ2v) is 5.53. The molecule has 2 aromatic heterocycles. The molecule has 23 heavy (non-hydrogen) atoms. The zero-order valence-corrected chi connectivity index (χ0v) is 12.7. The molecule has 0 saturated heterocycles. The fourth-order valence-electron chi connectivity index (χ4n) is 2.92. The topological polar surface area (TPSA) is 69.0 Å². The van der Waals surface area contributed by atoms with Crippen LogP contribution in [0.4, 0.5) is 0 Å². The lowest BCUT2D eigenvalue weighted by Gasteiger charge is -2.25. The zero-order chi connectivity index (χ0) is 15.8. The molecule has 1 amide bonds. The number of carbonyl (C=O) groups is 1. The molecule has 0 bridgehead atoms. The molecule has 1 N–H and O–H groups in total. The van der Waals surface area contributed by atoms with Gasteiger partial charge in [-0.2, -0.15) is 0 Å². The molecule has 1 unspecified atom stereocenters. The van der Waals surface area contributed by atoms with Crippen molar-refractivity contribution in [1.82, 2.24) is 19.9 Å². The lowest BCUT2D eigenvalue weighted by Crippen LogP contribution is -2.34. The van der Waals surface area contributed by atoms with Crippen LogP contribution >= 0.6 is 0 Å². The van der Waals surface area contributed by atoms with Gasteiger partial charge in [0.15, 0.2) is 5.82 Å². The molecular weight excluding hydrogens is 292 g/mol. The summed E-state index contributed by atoms with van der Waals surface area (Å²) in [5.41, 5.74) is 2.51. The van der Waals surface area contributed by atoms with Gasteiger partial charge in [0.1, 0.15) is 11.4 Å². The van der Waals surface area contributed by atoms with E-state index in [1.165, 1.54) is 0 Å². The van der Waals surface area contributed by atoms with Gasteiger partial charge in [-0.3, -0.25) is 9.78 Å². The number of fused-ring (bicyclic) bond motifs is 2. The van der Waals surface area contributed by atoms with Crippen LogP contribution in [0.2, 0.25) is 0 Å². The monoisotopic (exact) mass is 308 g/mol. The largest absolute Gasteiger partial charge is 0.491 e. The number of aromatic nitrogens is 3. The summed E-state index contributed by atoms with van der Waals surface area (Å²) in [4.78, 5) is 21.4. The van der Waals surface area contributed by atoms with Gasteiger partial charge in [0.05, 0.1) is 23.7 Å². The summed E-state index contributed by atoms with van der Waals surface area (Å²) in [7, 11) is 1.85. The third-order valence-corrected chi connectivity index (χ3v) is 4.09. The Morgan fingerprint density at radius 1 is 1.30 bits per heavy atom. The van der Waals surface area contributed by atoms with Gasteiger partial charge in [-0.05, 0) is 24.3 Å². The first-order chi connectivity index (χ1) is 11.2. The van der Waals surface area contributed by atoms with Crippen LogP contribution in [0, 0.1) is 0 Å². The Bertz CT molecular complexity index is 887. The molecule has 6 heteroatoms. The van der Waals surface area contributed by atoms with E-state index in [1.807, 2.05) is 48.0 Å². The minimum atomic E-state index is -0.202. The number of ether oxygens (including phenoxy) is 1. The summed E-state index contributed by atoms with van der Waals surface area (Å²) in [6.07, 6.45) is 2.40. The molecule has 1 aliphatic rings. The fraction of sp³-hybridized carbons (Fsp3) is 0.235. The highest BCUT2D eigenvalue weighted by molar-refractivity contribution is 5.95. The maximum absolute atomic E-state index is 12.7. The molecule has 1 atom stereocenters. The Hall–Kier alpha value is -2.89. The number of carbonyl (C=O) groups excluding carboxylic acids is 1. The third-order valence-electron chi connectivity index (χ3n) is 4.09. The Morgan fingerprint density at radius 2 is 2.17 bits per heavy atom. The number of benzene rings is 1. The van der Waals surface area contributed by atoms with Gasteiger partial charge in [0.25, 0.3) is 5.91 Å². The lowest BCUT2D eigenvalue weighted by atomic mass is 10.1. The van der Waals surface area contributed by atoms with E-state index in [-0.39, 0.29) is 11.9 Å². The van der Waals surface area contributed by atoms with Crippen LogP contribution in [0.3, 0.4) is 0 Å². The van der Waals surface area contributed by atoms with Crippen molar-refractivity contribution < 1.29 is 9.53 Å². The van der Waals surface area contributed by atoms with Crippen molar-refractivity contribution in [3.8, 4) is 5.75 Å². The van der Waals surface area contributed by atoms with Crippen LogP contribution < -0.4 is 10.1 Å². The molecule has 3 aromatic rings. The molecular formula is C17H16N4O2. The van der Waals surface area contributed by atoms with E-state index < -0.39 is 0 Å². The van der Waals surface area contributed by atoms with E-state index in [4.69, 9.17) is 4.74 Å². The van der Waals surface area contributed by atoms with Crippen molar-refractivity contribution in [3.05, 3.63) is 54.1 Å². The number of nitrogens with one attached hydrogen (secondary N) is 1. The average Bonchev–Trinajstić information content (AvgIpc) is 2.93. The number of hydrogen-bond donors (Lipinski definition) is 1. The van der Waals surface area contributed by atoms with Gasteiger partial charge in [-0.25, -0.2) is 4.98 Å². The van der Waals surface area contributed by atoms with E-state index in [1.54, 1.807) is 6.20 Å². The van der Waals surface area contributed by atoms with Crippen molar-refractivity contribution in [2.24, 2.45) is 7.05 Å². The number of rotatable bonds is 2. The lowest BCUT2D eigenvalue weighted by molar-refractivity contribution is 0.0910. The van der Waals surface area contributed by atoms with Gasteiger partial charge >= 0.3 is 0 Å². The summed E-state index contributed by atoms with van der Waals surface area (Å²) in [6, 6.07) is 11.2. The van der Waals surface area contributed by atoms with E-state index in [9.17, 15) is 4.79 Å². The second-order valence-electron chi connectivity index (χ2n) is 5.53. The van der Waals surface area contributed by atoms with Crippen molar-refractivity contribution in [3.63, 3.8) is 0 Å². The number of pyridine rings is 1. The van der Waals surface area contributed by atoms with Gasteiger partial charge < -0.3 is 14.6 Å². The number of amides is 1. The summed E-state index contributed by atoms with van der Waals surface area (Å²) in [5.74, 6) is 0.927. The van der Waals surface area contributed by atoms with Crippen LogP contribution in [-0.2, 0) is 7.05 Å². The summed E-state index contributed by atoms with van der Waals surface area (Å²) in [6.45, 7) is 0.562. The first kappa shape index (κ1) is 13.8. The van der Waals surface area contributed by atoms with E-state index in [0.717, 1.165) is 22.5 Å². The smallest absolute Gasteiger partial charge is 0.287 e. The number of para-hydroxylation sites is 2. The van der Waals surface area contributed by atoms with Crippen LogP contribution in [0.15, 0.2) is 42.6 Å². The summed E-state index contributed by atoms with van der Waals surface area (Å²) >= 11 is 0. The van der Waals surface area contributed by atoms with Crippen molar-refractivity contribution >= 4 is 16.9 Å². The summed E-state index contributed by atoms with van der Waals surface area (Å²) in [5, 5.41) is 3.03. The SMILES string of the molecule is Cn1c(C(=O)NC2CCOc3cccnc32)nc2ccccc21. The molecule has 1 aromatic carbocycles. The highest BCUT2D eigenvalue weighted by atomic mass is 16.5. The molecule has 0 fully saturated rings. The Morgan fingerprint density at radius 3 is 3.04 bits per heavy atom. The molecule has 0 saturated carbocycles. The van der Waals surface area contributed by atoms with E-state index >= 15 is 0 Å². The Balaban J connectivity index is 1.64. The van der Waals surface area contributed by atoms with Crippen molar-refractivity contribution in [2.45, 2.75) is 12.5 Å². The maximum Gasteiger partial charge on any atom is 0.287 e. The molecule has 0 aliphatic carbocycles. The predicted molar refractivity (Wildman–Crippen MR) is 85.3 cm³/mol. The number of imidazole rings is 1. The minimum absolute atomic E-state index is 0.160. The zero-order valence-electron chi connectivity index (χ0n) is 12.7. The Kier molecular flexibility index (Phi) is 3.22. The summed E-state index contributed by atoms with van der Waals surface area (Å²) < 4.78 is 7.39. The molecule has 0 spiro atoms. The van der Waals surface area contributed by atoms with Gasteiger partial charge in [-0.1, -0.05) is 12.1 Å². The second kappa shape index (κ2) is 5.39. The van der Waals surface area contributed by atoms with Crippen LogP contribution in [0.5, 0.6) is 5.75 Å². The molecule has 1 aliphatic heterocycles. The third kappa shape index (κ3) is 2.32. The van der Waals surface area contributed by atoms with Gasteiger partial charge in [0.2, 0.25) is 0 Å². The highest BCUT2D eigenvalue weighted by Crippen LogP contribution is 2.29. The standard InChI is InChI=1S/C17H16N4O2/c1-21-13-6-3-2-5-11(13)19-16(21)17(22)20-12-8-10-23-14-7-4-9-18-15(12)14/h2-7,9,12H,8,10H2,1H3,(H,20,22). The average molecular weight is 308 g/mol. The molecule has 3 heterocycles. The molecule has 4 rings (SSSR count). The maximum atomic E-state index is 12.7. The van der Waals surface area contributed by atoms with Crippen molar-refractivity contribution in [2.75, 3.05) is 6.61 Å². The molecule has 6 nitrogen and oxygen atoms in total.